The van der Waals surface area contributed by atoms with Gasteiger partial charge in [-0.1, -0.05) is 146 Å². The smallest absolute Gasteiger partial charge is 0.164 e. The predicted molar refractivity (Wildman–Crippen MR) is 230 cm³/mol. The highest BCUT2D eigenvalue weighted by Crippen LogP contribution is 2.45. The summed E-state index contributed by atoms with van der Waals surface area (Å²) in [4.78, 5) is 15.4. The van der Waals surface area contributed by atoms with Crippen molar-refractivity contribution in [1.29, 1.82) is 0 Å². The maximum atomic E-state index is 6.70. The Bertz CT molecular complexity index is 3470. The van der Waals surface area contributed by atoms with E-state index in [4.69, 9.17) is 19.4 Å². The van der Waals surface area contributed by atoms with Gasteiger partial charge in [0.25, 0.3) is 0 Å². The third-order valence-corrected chi connectivity index (χ3v) is 11.2. The minimum absolute atomic E-state index is 0.610. The van der Waals surface area contributed by atoms with Crippen LogP contribution >= 0.6 is 0 Å². The third kappa shape index (κ3) is 4.52. The first-order valence-electron chi connectivity index (χ1n) is 18.9. The van der Waals surface area contributed by atoms with Gasteiger partial charge in [0.2, 0.25) is 0 Å². The van der Waals surface area contributed by atoms with Crippen LogP contribution in [0.25, 0.3) is 116 Å². The lowest BCUT2D eigenvalue weighted by atomic mass is 9.91. The predicted octanol–water partition coefficient (Wildman–Crippen LogP) is 13.3. The Kier molecular flexibility index (Phi) is 6.56. The lowest BCUT2D eigenvalue weighted by Crippen LogP contribution is -2.02. The van der Waals surface area contributed by atoms with Crippen LogP contribution in [0.5, 0.6) is 0 Å². The van der Waals surface area contributed by atoms with Gasteiger partial charge in [0, 0.05) is 38.2 Å². The zero-order valence-corrected chi connectivity index (χ0v) is 30.0. The summed E-state index contributed by atoms with van der Waals surface area (Å²) in [6, 6.07) is 63.8. The van der Waals surface area contributed by atoms with Crippen molar-refractivity contribution in [3.05, 3.63) is 182 Å². The molecule has 0 saturated carbocycles. The fourth-order valence-corrected chi connectivity index (χ4v) is 8.75. The lowest BCUT2D eigenvalue weighted by molar-refractivity contribution is 0.673. The van der Waals surface area contributed by atoms with Crippen LogP contribution < -0.4 is 0 Å². The van der Waals surface area contributed by atoms with E-state index in [2.05, 4.69) is 144 Å². The molecule has 12 aromatic rings. The number of para-hydroxylation sites is 2. The van der Waals surface area contributed by atoms with E-state index < -0.39 is 0 Å². The number of hydrogen-bond acceptors (Lipinski definition) is 4. The summed E-state index contributed by atoms with van der Waals surface area (Å²) < 4.78 is 9.12. The van der Waals surface area contributed by atoms with Crippen LogP contribution in [0.1, 0.15) is 0 Å². The van der Waals surface area contributed by atoms with E-state index in [1.54, 1.807) is 0 Å². The molecule has 5 nitrogen and oxygen atoms in total. The second-order valence-corrected chi connectivity index (χ2v) is 14.3. The topological polar surface area (TPSA) is 56.7 Å². The molecule has 12 rings (SSSR count). The van der Waals surface area contributed by atoms with E-state index >= 15 is 0 Å². The number of rotatable bonds is 4. The van der Waals surface area contributed by atoms with Crippen molar-refractivity contribution in [2.45, 2.75) is 0 Å². The Morgan fingerprint density at radius 3 is 1.54 bits per heavy atom. The molecule has 5 heteroatoms. The molecule has 0 bridgehead atoms. The van der Waals surface area contributed by atoms with Gasteiger partial charge in [-0.25, -0.2) is 15.0 Å². The SMILES string of the molecule is c1ccc(-c2nc(-c3ccccc3)nc(-c3cc(-n4c5ccccc5c5c6oc7ccccc7c6ccc54)c4c5ccccc5c5ccccc5c4c3)n2)cc1. The summed E-state index contributed by atoms with van der Waals surface area (Å²) in [7, 11) is 0. The van der Waals surface area contributed by atoms with Gasteiger partial charge in [0.15, 0.2) is 17.5 Å². The van der Waals surface area contributed by atoms with Crippen LogP contribution in [0, 0.1) is 0 Å². The zero-order valence-electron chi connectivity index (χ0n) is 30.0. The van der Waals surface area contributed by atoms with Crippen LogP contribution in [0.4, 0.5) is 0 Å². The van der Waals surface area contributed by atoms with Crippen molar-refractivity contribution < 1.29 is 4.42 Å². The minimum Gasteiger partial charge on any atom is -0.455 e. The van der Waals surface area contributed by atoms with Gasteiger partial charge in [0.05, 0.1) is 22.1 Å². The average molecular weight is 715 g/mol. The van der Waals surface area contributed by atoms with Crippen molar-refractivity contribution in [1.82, 2.24) is 19.5 Å². The fraction of sp³-hybridized carbons (Fsp3) is 0. The van der Waals surface area contributed by atoms with Crippen molar-refractivity contribution in [3.8, 4) is 39.9 Å². The molecule has 0 spiro atoms. The molecule has 0 atom stereocenters. The van der Waals surface area contributed by atoms with Crippen LogP contribution in [-0.4, -0.2) is 19.5 Å². The van der Waals surface area contributed by atoms with Crippen molar-refractivity contribution in [2.75, 3.05) is 0 Å². The highest BCUT2D eigenvalue weighted by atomic mass is 16.3. The molecular weight excluding hydrogens is 685 g/mol. The van der Waals surface area contributed by atoms with E-state index in [1.165, 1.54) is 21.5 Å². The molecular formula is C51H30N4O. The molecule has 0 unspecified atom stereocenters. The summed E-state index contributed by atoms with van der Waals surface area (Å²) in [5, 5.41) is 11.5. The largest absolute Gasteiger partial charge is 0.455 e. The molecule has 56 heavy (non-hydrogen) atoms. The summed E-state index contributed by atoms with van der Waals surface area (Å²) in [5.74, 6) is 1.87. The Morgan fingerprint density at radius 1 is 0.339 bits per heavy atom. The Morgan fingerprint density at radius 2 is 0.857 bits per heavy atom. The normalized spacial score (nSPS) is 11.9. The number of aromatic nitrogens is 4. The third-order valence-electron chi connectivity index (χ3n) is 11.2. The minimum atomic E-state index is 0.610. The van der Waals surface area contributed by atoms with Crippen LogP contribution in [0.3, 0.4) is 0 Å². The fourth-order valence-electron chi connectivity index (χ4n) is 8.75. The van der Waals surface area contributed by atoms with Crippen LogP contribution in [0.2, 0.25) is 0 Å². The Balaban J connectivity index is 1.26. The van der Waals surface area contributed by atoms with Gasteiger partial charge < -0.3 is 8.98 Å². The van der Waals surface area contributed by atoms with E-state index in [1.807, 2.05) is 42.5 Å². The molecule has 0 radical (unpaired) electrons. The van der Waals surface area contributed by atoms with Gasteiger partial charge in [-0.15, -0.1) is 0 Å². The van der Waals surface area contributed by atoms with Gasteiger partial charge in [-0.05, 0) is 63.3 Å². The second kappa shape index (κ2) is 11.9. The molecule has 0 aliphatic carbocycles. The number of furan rings is 1. The van der Waals surface area contributed by atoms with Crippen LogP contribution in [0.15, 0.2) is 186 Å². The highest BCUT2D eigenvalue weighted by Gasteiger charge is 2.23. The van der Waals surface area contributed by atoms with Gasteiger partial charge >= 0.3 is 0 Å². The van der Waals surface area contributed by atoms with Gasteiger partial charge in [0.1, 0.15) is 11.2 Å². The maximum Gasteiger partial charge on any atom is 0.164 e. The van der Waals surface area contributed by atoms with E-state index in [0.717, 1.165) is 76.9 Å². The summed E-state index contributed by atoms with van der Waals surface area (Å²) in [6.07, 6.45) is 0. The number of benzene rings is 9. The molecule has 0 aliphatic heterocycles. The van der Waals surface area contributed by atoms with Gasteiger partial charge in [-0.2, -0.15) is 0 Å². The summed E-state index contributed by atoms with van der Waals surface area (Å²) in [6.45, 7) is 0. The van der Waals surface area contributed by atoms with E-state index in [0.29, 0.717) is 17.5 Å². The first-order valence-corrected chi connectivity index (χ1v) is 18.9. The Labute approximate surface area is 320 Å². The molecule has 0 amide bonds. The first-order chi connectivity index (χ1) is 27.8. The number of hydrogen-bond donors (Lipinski definition) is 0. The Hall–Kier alpha value is -7.63. The standard InChI is InChI=1S/C51H30N4O/c1-3-15-31(16-4-1)49-52-50(32-17-5-2-6-18-32)54-51(53-49)33-29-41-36-21-8-7-19-34(36)35-20-9-10-23-38(35)46(41)44(30-33)55-42-25-13-11-24-40(42)47-43(55)28-27-39-37-22-12-14-26-45(37)56-48(39)47/h1-30H. The van der Waals surface area contributed by atoms with Crippen molar-refractivity contribution in [3.63, 3.8) is 0 Å². The molecule has 260 valence electrons. The molecule has 3 aromatic heterocycles. The maximum absolute atomic E-state index is 6.70. The second-order valence-electron chi connectivity index (χ2n) is 14.3. The molecule has 0 N–H and O–H groups in total. The van der Waals surface area contributed by atoms with Crippen LogP contribution in [-0.2, 0) is 0 Å². The number of fused-ring (bicyclic) bond motifs is 13. The summed E-state index contributed by atoms with van der Waals surface area (Å²) in [5.41, 5.74) is 7.76. The molecule has 9 aromatic carbocycles. The highest BCUT2D eigenvalue weighted by molar-refractivity contribution is 6.29. The van der Waals surface area contributed by atoms with Crippen molar-refractivity contribution >= 4 is 76.1 Å². The molecule has 0 aliphatic rings. The summed E-state index contributed by atoms with van der Waals surface area (Å²) >= 11 is 0. The quantitative estimate of drug-likeness (QED) is 0.170. The molecule has 0 fully saturated rings. The zero-order chi connectivity index (χ0) is 36.7. The first kappa shape index (κ1) is 30.8. The van der Waals surface area contributed by atoms with E-state index in [9.17, 15) is 0 Å². The van der Waals surface area contributed by atoms with Gasteiger partial charge in [-0.3, -0.25) is 0 Å². The van der Waals surface area contributed by atoms with E-state index in [-0.39, 0.29) is 0 Å². The monoisotopic (exact) mass is 714 g/mol. The van der Waals surface area contributed by atoms with Crippen molar-refractivity contribution in [2.24, 2.45) is 0 Å². The lowest BCUT2D eigenvalue weighted by Gasteiger charge is -2.18. The molecule has 0 saturated heterocycles. The number of nitrogens with zero attached hydrogens (tertiary/aromatic N) is 4. The molecule has 3 heterocycles. The average Bonchev–Trinajstić information content (AvgIpc) is 3.82.